The first-order chi connectivity index (χ1) is 35.3. The summed E-state index contributed by atoms with van der Waals surface area (Å²) in [6.45, 7) is 17.6. The number of carbonyl (C=O) groups excluding carboxylic acids is 2. The predicted octanol–water partition coefficient (Wildman–Crippen LogP) is 0.162. The Morgan fingerprint density at radius 3 is 1.13 bits per heavy atom. The molecule has 7 rings (SSSR count). The maximum absolute atomic E-state index is 11.4. The smallest absolute Gasteiger partial charge is 1.00 e. The fourth-order valence-electron chi connectivity index (χ4n) is 5.31. The van der Waals surface area contributed by atoms with Gasteiger partial charge in [-0.1, -0.05) is 37.4 Å². The third-order valence-corrected chi connectivity index (χ3v) is 10.2. The number of carboxylic acids is 1. The summed E-state index contributed by atoms with van der Waals surface area (Å²) in [6, 6.07) is 21.4. The van der Waals surface area contributed by atoms with E-state index in [0.29, 0.717) is 139 Å². The molecule has 0 amide bonds. The van der Waals surface area contributed by atoms with E-state index >= 15 is 0 Å². The van der Waals surface area contributed by atoms with Crippen molar-refractivity contribution in [1.29, 1.82) is 0 Å². The van der Waals surface area contributed by atoms with Crippen molar-refractivity contribution in [2.45, 2.75) is 38.1 Å². The normalized spacial score (nSPS) is 13.0. The molecule has 3 heterocycles. The van der Waals surface area contributed by atoms with E-state index in [2.05, 4.69) is 13.2 Å². The number of carboxylic acid groups (broad SMARTS) is 1. The van der Waals surface area contributed by atoms with Gasteiger partial charge in [0, 0.05) is 35.0 Å². The maximum Gasteiger partial charge on any atom is 1.00 e. The molecule has 2 N–H and O–H groups in total. The molecule has 24 heteroatoms. The molecule has 3 aliphatic heterocycles. The first-order valence-electron chi connectivity index (χ1n) is 22.7. The minimum absolute atomic E-state index is 0. The number of esters is 1. The van der Waals surface area contributed by atoms with Crippen molar-refractivity contribution in [2.75, 3.05) is 104 Å². The van der Waals surface area contributed by atoms with E-state index in [1.54, 1.807) is 13.0 Å². The van der Waals surface area contributed by atoms with Gasteiger partial charge in [-0.15, -0.1) is 58.0 Å². The molecule has 3 aliphatic rings. The number of aliphatic carboxylic acids is 1. The number of halogens is 6. The van der Waals surface area contributed by atoms with Crippen molar-refractivity contribution >= 4 is 69.9 Å². The number of ether oxygens (including phenoxy) is 11. The van der Waals surface area contributed by atoms with Gasteiger partial charge in [0.25, 0.3) is 0 Å². The summed E-state index contributed by atoms with van der Waals surface area (Å²) in [5.74, 6) is 4.90. The Kier molecular flexibility index (Phi) is 46.7. The summed E-state index contributed by atoms with van der Waals surface area (Å²) in [5, 5.41) is 27.3. The average Bonchev–Trinajstić information content (AvgIpc) is 3.66. The van der Waals surface area contributed by atoms with Crippen molar-refractivity contribution in [2.24, 2.45) is 0 Å². The number of rotatable bonds is 11. The predicted molar refractivity (Wildman–Crippen MR) is 280 cm³/mol. The maximum atomic E-state index is 11.4. The van der Waals surface area contributed by atoms with Gasteiger partial charge in [-0.05, 0) is 90.2 Å². The first-order valence-corrected chi connectivity index (χ1v) is 25.4. The number of phenolic OH excluding ortho intramolecular Hbond substituents is 2. The molecular weight excluding hydrogens is 1140 g/mol. The minimum Gasteiger partial charge on any atom is -1.00 e. The topological polar surface area (TPSA) is 199 Å². The monoisotopic (exact) mass is 1200 g/mol. The molecule has 0 atom stereocenters. The molecule has 4 aromatic carbocycles. The van der Waals surface area contributed by atoms with Gasteiger partial charge in [0.05, 0.1) is 58.8 Å². The number of hydrogen-bond donors (Lipinski definition) is 2. The molecule has 0 aromatic heterocycles. The molecule has 0 fully saturated rings. The van der Waals surface area contributed by atoms with E-state index in [1.807, 2.05) is 54.6 Å². The molecule has 16 nitrogen and oxygen atoms in total. The molecule has 0 unspecified atom stereocenters. The number of hydrogen-bond acceptors (Lipinski definition) is 16. The summed E-state index contributed by atoms with van der Waals surface area (Å²) < 4.78 is 59.1. The van der Waals surface area contributed by atoms with Crippen molar-refractivity contribution in [1.82, 2.24) is 0 Å². The van der Waals surface area contributed by atoms with Crippen LogP contribution in [-0.4, -0.2) is 126 Å². The molecular formula is C52H64Cl6Na2O16. The van der Waals surface area contributed by atoms with Gasteiger partial charge in [0.2, 0.25) is 0 Å². The molecule has 0 bridgehead atoms. The summed E-state index contributed by atoms with van der Waals surface area (Å²) in [7, 11) is 0. The van der Waals surface area contributed by atoms with Gasteiger partial charge in [-0.2, -0.15) is 0 Å². The standard InChI is InChI=1S/C15H18O5.2C11H13ClO3.C7H7ClO2.C4H8Cl2O.C4H6O2.ClH.2Na/c1-11(2)15(16)20-10-12-3-4-13-14(9-12)19-8-6-17-5-7-18-13;2*12-8-9-1-2-10-11(7-9)15-6-4-13-3-5-14-10;8-4-5-1-2-6(9)7(10)3-5;5-1-3-7-4-2-6;1-3(2)4(5)6;;;/h3-4,9H,1,5-8,10H2,2H3;2*1-2,7H,3-6,8H2;1-3,9-10H,4H2;1-4H2;1H2,2H3,(H,5,6);1H;;/q;;;;;;;2*+1/p-2. The molecule has 4 aromatic rings. The summed E-state index contributed by atoms with van der Waals surface area (Å²) in [4.78, 5) is 20.8. The number of aromatic hydroxyl groups is 2. The zero-order chi connectivity index (χ0) is 53.6. The van der Waals surface area contributed by atoms with Gasteiger partial charge in [0.15, 0.2) is 46.0 Å². The fraction of sp³-hybridized carbons (Fsp3) is 0.423. The van der Waals surface area contributed by atoms with E-state index in [1.165, 1.54) is 19.1 Å². The zero-order valence-corrected chi connectivity index (χ0v) is 51.9. The molecule has 0 spiro atoms. The largest absolute Gasteiger partial charge is 1.00 e. The number of alkyl halides is 5. The second kappa shape index (κ2) is 47.1. The summed E-state index contributed by atoms with van der Waals surface area (Å²) in [5.41, 5.74) is 4.12. The number of fused-ring (bicyclic) bond motifs is 3. The van der Waals surface area contributed by atoms with Crippen molar-refractivity contribution in [3.8, 4) is 46.0 Å². The summed E-state index contributed by atoms with van der Waals surface area (Å²) >= 11 is 27.5. The van der Waals surface area contributed by atoms with Crippen molar-refractivity contribution in [3.05, 3.63) is 119 Å². The number of benzene rings is 4. The second-order valence-corrected chi connectivity index (χ2v) is 16.5. The third-order valence-electron chi connectivity index (χ3n) is 8.95. The Labute approximate surface area is 521 Å². The molecule has 0 saturated carbocycles. The minimum atomic E-state index is -1.19. The van der Waals surface area contributed by atoms with Gasteiger partial charge >= 0.3 is 65.1 Å². The Bertz CT molecular complexity index is 2170. The van der Waals surface area contributed by atoms with Crippen LogP contribution in [0.1, 0.15) is 36.1 Å². The molecule has 76 heavy (non-hydrogen) atoms. The van der Waals surface area contributed by atoms with Gasteiger partial charge in [0.1, 0.15) is 46.2 Å². The Hall–Kier alpha value is -2.72. The molecule has 0 aliphatic carbocycles. The van der Waals surface area contributed by atoms with Crippen LogP contribution in [0.15, 0.2) is 97.1 Å². The van der Waals surface area contributed by atoms with Crippen LogP contribution in [0.4, 0.5) is 0 Å². The molecule has 0 radical (unpaired) electrons. The van der Waals surface area contributed by atoms with Crippen LogP contribution in [0.25, 0.3) is 0 Å². The number of phenols is 2. The van der Waals surface area contributed by atoms with Gasteiger partial charge in [-0.3, -0.25) is 0 Å². The first kappa shape index (κ1) is 75.4. The van der Waals surface area contributed by atoms with Crippen LogP contribution in [0.2, 0.25) is 0 Å². The SMILES string of the molecule is C=C(C)C(=O)OCc1ccc2c(c1)OCCOCCO2.C=C(C)C(=O)[O-].ClCCOCCCl.ClCc1ccc2c(c1)OCCOCCO2.ClCc1ccc2c(c1)OCCOCCO2.Oc1ccc(CCl)cc1O.[Cl-].[Na+].[Na+]. The van der Waals surface area contributed by atoms with E-state index in [9.17, 15) is 14.7 Å². The van der Waals surface area contributed by atoms with E-state index in [-0.39, 0.29) is 95.2 Å². The third kappa shape index (κ3) is 33.7. The van der Waals surface area contributed by atoms with Crippen LogP contribution in [0, 0.1) is 0 Å². The van der Waals surface area contributed by atoms with Gasteiger partial charge in [-0.25, -0.2) is 4.79 Å². The Morgan fingerprint density at radius 1 is 0.500 bits per heavy atom. The second-order valence-electron chi connectivity index (χ2n) is 14.9. The van der Waals surface area contributed by atoms with Crippen LogP contribution < -0.4 is 105 Å². The van der Waals surface area contributed by atoms with Gasteiger partial charge < -0.3 is 84.6 Å². The van der Waals surface area contributed by atoms with Crippen molar-refractivity contribution < 1.29 is 149 Å². The quantitative estimate of drug-likeness (QED) is 0.0514. The van der Waals surface area contributed by atoms with Crippen LogP contribution in [-0.2, 0) is 57.5 Å². The van der Waals surface area contributed by atoms with E-state index < -0.39 is 11.9 Å². The Morgan fingerprint density at radius 2 is 0.816 bits per heavy atom. The molecule has 0 saturated heterocycles. The molecule has 412 valence electrons. The Balaban J connectivity index is 0. The number of carbonyl (C=O) groups is 2. The van der Waals surface area contributed by atoms with Crippen molar-refractivity contribution in [3.63, 3.8) is 0 Å². The zero-order valence-electron chi connectivity index (χ0n) is 43.4. The average molecular weight is 1200 g/mol. The fourth-order valence-corrected chi connectivity index (χ4v) is 6.03. The summed E-state index contributed by atoms with van der Waals surface area (Å²) in [6.07, 6.45) is 0. The van der Waals surface area contributed by atoms with Crippen LogP contribution in [0.3, 0.4) is 0 Å². The van der Waals surface area contributed by atoms with E-state index in [0.717, 1.165) is 45.3 Å². The van der Waals surface area contributed by atoms with Crippen LogP contribution >= 0.6 is 58.0 Å². The van der Waals surface area contributed by atoms with E-state index in [4.69, 9.17) is 120 Å². The van der Waals surface area contributed by atoms with Crippen LogP contribution in [0.5, 0.6) is 46.0 Å².